The molecule has 1 unspecified atom stereocenters. The molecule has 0 spiro atoms. The van der Waals surface area contributed by atoms with E-state index in [1.165, 1.54) is 0 Å². The van der Waals surface area contributed by atoms with E-state index in [2.05, 4.69) is 6.58 Å². The number of hydrogen-bond donors (Lipinski definition) is 1. The van der Waals surface area contributed by atoms with Crippen molar-refractivity contribution in [2.24, 2.45) is 0 Å². The Balaban J connectivity index is 2.92. The minimum atomic E-state index is -0.486. The second kappa shape index (κ2) is 2.99. The number of aliphatic hydroxyl groups excluding tert-OH is 1. The first-order valence-corrected chi connectivity index (χ1v) is 3.98. The van der Waals surface area contributed by atoms with E-state index in [9.17, 15) is 5.11 Å². The molecule has 0 aliphatic rings. The van der Waals surface area contributed by atoms with Crippen LogP contribution >= 0.6 is 11.3 Å². The third-order valence-electron chi connectivity index (χ3n) is 1.39. The second-order valence-electron chi connectivity index (χ2n) is 2.15. The number of aliphatic hydroxyl groups is 1. The van der Waals surface area contributed by atoms with Crippen LogP contribution in [0, 0.1) is 6.92 Å². The van der Waals surface area contributed by atoms with Crippen LogP contribution in [-0.2, 0) is 0 Å². The number of rotatable bonds is 2. The third-order valence-corrected chi connectivity index (χ3v) is 2.48. The van der Waals surface area contributed by atoms with Crippen molar-refractivity contribution in [3.63, 3.8) is 0 Å². The second-order valence-corrected chi connectivity index (χ2v) is 3.10. The molecule has 0 fully saturated rings. The van der Waals surface area contributed by atoms with Crippen molar-refractivity contribution in [3.8, 4) is 0 Å². The Hall–Kier alpha value is -0.600. The molecule has 0 amide bonds. The van der Waals surface area contributed by atoms with Gasteiger partial charge < -0.3 is 5.11 Å². The molecule has 1 aromatic heterocycles. The zero-order valence-electron chi connectivity index (χ0n) is 5.87. The summed E-state index contributed by atoms with van der Waals surface area (Å²) in [5, 5.41) is 11.3. The molecule has 1 nitrogen and oxygen atoms in total. The molecule has 0 saturated heterocycles. The topological polar surface area (TPSA) is 20.2 Å². The summed E-state index contributed by atoms with van der Waals surface area (Å²) in [6, 6.07) is 1.99. The summed E-state index contributed by atoms with van der Waals surface area (Å²) in [5.41, 5.74) is 1.14. The first-order chi connectivity index (χ1) is 4.75. The van der Waals surface area contributed by atoms with Gasteiger partial charge in [0.1, 0.15) is 6.10 Å². The van der Waals surface area contributed by atoms with Crippen LogP contribution in [0.5, 0.6) is 0 Å². The summed E-state index contributed by atoms with van der Waals surface area (Å²) < 4.78 is 0. The quantitative estimate of drug-likeness (QED) is 0.648. The van der Waals surface area contributed by atoms with Crippen molar-refractivity contribution < 1.29 is 5.11 Å². The highest BCUT2D eigenvalue weighted by atomic mass is 32.1. The molecular formula is C8H10OS. The lowest BCUT2D eigenvalue weighted by atomic mass is 10.2. The number of hydrogen-bond acceptors (Lipinski definition) is 2. The van der Waals surface area contributed by atoms with Crippen LogP contribution in [0.4, 0.5) is 0 Å². The molecule has 1 atom stereocenters. The average molecular weight is 154 g/mol. The largest absolute Gasteiger partial charge is 0.383 e. The molecule has 2 heteroatoms. The molecule has 0 aromatic carbocycles. The van der Waals surface area contributed by atoms with Gasteiger partial charge in [-0.3, -0.25) is 0 Å². The summed E-state index contributed by atoms with van der Waals surface area (Å²) in [6.45, 7) is 5.50. The van der Waals surface area contributed by atoms with Gasteiger partial charge in [-0.05, 0) is 23.9 Å². The normalized spacial score (nSPS) is 13.0. The molecule has 0 aliphatic heterocycles. The van der Waals surface area contributed by atoms with Gasteiger partial charge in [-0.2, -0.15) is 0 Å². The van der Waals surface area contributed by atoms with Crippen molar-refractivity contribution in [1.82, 2.24) is 0 Å². The van der Waals surface area contributed by atoms with Crippen molar-refractivity contribution in [3.05, 3.63) is 34.5 Å². The molecule has 1 N–H and O–H groups in total. The van der Waals surface area contributed by atoms with E-state index in [1.807, 2.05) is 18.4 Å². The lowest BCUT2D eigenvalue weighted by Crippen LogP contribution is -1.89. The zero-order valence-corrected chi connectivity index (χ0v) is 6.69. The predicted octanol–water partition coefficient (Wildman–Crippen LogP) is 2.28. The molecule has 1 aromatic rings. The maximum atomic E-state index is 9.29. The monoisotopic (exact) mass is 154 g/mol. The Morgan fingerprint density at radius 3 is 2.90 bits per heavy atom. The van der Waals surface area contributed by atoms with Gasteiger partial charge in [-0.25, -0.2) is 0 Å². The maximum Gasteiger partial charge on any atom is 0.106 e. The summed E-state index contributed by atoms with van der Waals surface area (Å²) in [7, 11) is 0. The van der Waals surface area contributed by atoms with Gasteiger partial charge in [-0.1, -0.05) is 6.08 Å². The molecule has 1 heterocycles. The highest BCUT2D eigenvalue weighted by Gasteiger charge is 2.05. The van der Waals surface area contributed by atoms with E-state index in [0.717, 1.165) is 10.4 Å². The predicted molar refractivity (Wildman–Crippen MR) is 44.2 cm³/mol. The van der Waals surface area contributed by atoms with Crippen LogP contribution in [-0.4, -0.2) is 5.11 Å². The third kappa shape index (κ3) is 1.28. The van der Waals surface area contributed by atoms with Crippen LogP contribution in [0.25, 0.3) is 0 Å². The minimum absolute atomic E-state index is 0.486. The first kappa shape index (κ1) is 7.51. The van der Waals surface area contributed by atoms with E-state index < -0.39 is 6.10 Å². The van der Waals surface area contributed by atoms with Gasteiger partial charge in [-0.15, -0.1) is 17.9 Å². The molecular weight excluding hydrogens is 144 g/mol. The Kier molecular flexibility index (Phi) is 2.25. The van der Waals surface area contributed by atoms with Crippen molar-refractivity contribution in [2.45, 2.75) is 13.0 Å². The van der Waals surface area contributed by atoms with Gasteiger partial charge in [0.2, 0.25) is 0 Å². The van der Waals surface area contributed by atoms with Crippen LogP contribution in [0.3, 0.4) is 0 Å². The van der Waals surface area contributed by atoms with Crippen molar-refractivity contribution >= 4 is 11.3 Å². The number of aryl methyl sites for hydroxylation is 1. The smallest absolute Gasteiger partial charge is 0.106 e. The van der Waals surface area contributed by atoms with E-state index in [1.54, 1.807) is 17.4 Å². The van der Waals surface area contributed by atoms with Crippen LogP contribution in [0.1, 0.15) is 16.5 Å². The fourth-order valence-electron chi connectivity index (χ4n) is 0.794. The molecule has 54 valence electrons. The van der Waals surface area contributed by atoms with Gasteiger partial charge in [0.15, 0.2) is 0 Å². The molecule has 0 bridgehead atoms. The Morgan fingerprint density at radius 2 is 2.50 bits per heavy atom. The summed E-state index contributed by atoms with van der Waals surface area (Å²) in [5.74, 6) is 0. The minimum Gasteiger partial charge on any atom is -0.383 e. The fourth-order valence-corrected chi connectivity index (χ4v) is 1.70. The Labute approximate surface area is 64.6 Å². The lowest BCUT2D eigenvalue weighted by molar-refractivity contribution is 0.232. The maximum absolute atomic E-state index is 9.29. The summed E-state index contributed by atoms with van der Waals surface area (Å²) >= 11 is 1.56. The standard InChI is InChI=1S/C8H10OS/c1-3-7(9)8-6(2)4-5-10-8/h3-5,7,9H,1H2,2H3. The van der Waals surface area contributed by atoms with Crippen molar-refractivity contribution in [2.75, 3.05) is 0 Å². The fraction of sp³-hybridized carbons (Fsp3) is 0.250. The van der Waals surface area contributed by atoms with Gasteiger partial charge in [0.05, 0.1) is 0 Å². The lowest BCUT2D eigenvalue weighted by Gasteiger charge is -2.01. The van der Waals surface area contributed by atoms with Gasteiger partial charge in [0.25, 0.3) is 0 Å². The highest BCUT2D eigenvalue weighted by molar-refractivity contribution is 7.10. The SMILES string of the molecule is C=CC(O)c1sccc1C. The summed E-state index contributed by atoms with van der Waals surface area (Å²) in [4.78, 5) is 0.995. The highest BCUT2D eigenvalue weighted by Crippen LogP contribution is 2.23. The molecule has 0 saturated carbocycles. The molecule has 0 radical (unpaired) electrons. The van der Waals surface area contributed by atoms with Crippen LogP contribution in [0.2, 0.25) is 0 Å². The van der Waals surface area contributed by atoms with Crippen LogP contribution in [0.15, 0.2) is 24.1 Å². The first-order valence-electron chi connectivity index (χ1n) is 3.10. The Bertz CT molecular complexity index is 227. The zero-order chi connectivity index (χ0) is 7.56. The molecule has 10 heavy (non-hydrogen) atoms. The average Bonchev–Trinajstić information content (AvgIpc) is 2.34. The van der Waals surface area contributed by atoms with Crippen molar-refractivity contribution in [1.29, 1.82) is 0 Å². The van der Waals surface area contributed by atoms with Gasteiger partial charge >= 0.3 is 0 Å². The van der Waals surface area contributed by atoms with E-state index in [-0.39, 0.29) is 0 Å². The Morgan fingerprint density at radius 1 is 1.80 bits per heavy atom. The molecule has 0 aliphatic carbocycles. The van der Waals surface area contributed by atoms with Crippen LogP contribution < -0.4 is 0 Å². The number of thiophene rings is 1. The molecule has 1 rings (SSSR count). The summed E-state index contributed by atoms with van der Waals surface area (Å²) in [6.07, 6.45) is 1.05. The van der Waals surface area contributed by atoms with E-state index >= 15 is 0 Å². The van der Waals surface area contributed by atoms with Gasteiger partial charge in [0, 0.05) is 4.88 Å². The van der Waals surface area contributed by atoms with E-state index in [4.69, 9.17) is 0 Å². The van der Waals surface area contributed by atoms with E-state index in [0.29, 0.717) is 0 Å².